The molecular formula is C27H22N4O5. The summed E-state index contributed by atoms with van der Waals surface area (Å²) in [6.45, 7) is 0.169. The van der Waals surface area contributed by atoms with Gasteiger partial charge in [-0.15, -0.1) is 0 Å². The van der Waals surface area contributed by atoms with Crippen molar-refractivity contribution in [2.45, 2.75) is 19.4 Å². The maximum absolute atomic E-state index is 13.6. The fourth-order valence-corrected chi connectivity index (χ4v) is 3.95. The molecule has 2 aromatic heterocycles. The lowest BCUT2D eigenvalue weighted by molar-refractivity contribution is -0.137. The van der Waals surface area contributed by atoms with E-state index in [1.54, 1.807) is 24.3 Å². The largest absolute Gasteiger partial charge is 0.505 e. The number of carbonyl (C=O) groups is 2. The smallest absolute Gasteiger partial charge is 0.303 e. The molecule has 0 spiro atoms. The third kappa shape index (κ3) is 4.93. The summed E-state index contributed by atoms with van der Waals surface area (Å²) in [7, 11) is 0. The molecule has 0 aliphatic heterocycles. The first-order valence-corrected chi connectivity index (χ1v) is 11.2. The molecule has 4 rings (SSSR count). The zero-order valence-corrected chi connectivity index (χ0v) is 19.1. The molecule has 9 heteroatoms. The molecule has 0 saturated heterocycles. The fourth-order valence-electron chi connectivity index (χ4n) is 3.95. The van der Waals surface area contributed by atoms with Crippen LogP contribution >= 0.6 is 0 Å². The second kappa shape index (κ2) is 10.5. The van der Waals surface area contributed by atoms with E-state index in [1.165, 1.54) is 10.6 Å². The molecule has 36 heavy (non-hydrogen) atoms. The van der Waals surface area contributed by atoms with Gasteiger partial charge in [-0.25, -0.2) is 4.98 Å². The summed E-state index contributed by atoms with van der Waals surface area (Å²) in [6.07, 6.45) is 0.0579. The van der Waals surface area contributed by atoms with Gasteiger partial charge in [0.15, 0.2) is 17.1 Å². The molecule has 0 unspecified atom stereocenters. The van der Waals surface area contributed by atoms with Crippen molar-refractivity contribution in [1.82, 2.24) is 14.9 Å². The number of benzene rings is 2. The highest BCUT2D eigenvalue weighted by molar-refractivity contribution is 6.03. The molecule has 0 aliphatic carbocycles. The molecule has 0 bridgehead atoms. The van der Waals surface area contributed by atoms with Gasteiger partial charge in [0, 0.05) is 23.9 Å². The van der Waals surface area contributed by atoms with Gasteiger partial charge in [0.25, 0.3) is 11.5 Å². The molecular weight excluding hydrogens is 460 g/mol. The standard InChI is InChI=1S/C27H22N4O5/c28-15-21-24-20(25(34)23(30-21)26(35)29-13-7-12-22(32)33)14-19(18-10-5-2-6-11-18)27(36)31(24)16-17-8-3-1-4-9-17/h1-6,8-11,14,34H,7,12-13,16H2,(H,29,35)(H,32,33). The Bertz CT molecular complexity index is 1540. The van der Waals surface area contributed by atoms with Crippen molar-refractivity contribution < 1.29 is 19.8 Å². The van der Waals surface area contributed by atoms with E-state index in [2.05, 4.69) is 10.3 Å². The number of carboxylic acid groups (broad SMARTS) is 1. The Morgan fingerprint density at radius 2 is 1.72 bits per heavy atom. The molecule has 180 valence electrons. The van der Waals surface area contributed by atoms with Crippen molar-refractivity contribution in [1.29, 1.82) is 5.26 Å². The van der Waals surface area contributed by atoms with E-state index in [-0.39, 0.29) is 59.3 Å². The molecule has 0 fully saturated rings. The van der Waals surface area contributed by atoms with E-state index >= 15 is 0 Å². The number of carboxylic acids is 1. The van der Waals surface area contributed by atoms with Crippen LogP contribution in [-0.4, -0.2) is 38.2 Å². The molecule has 2 heterocycles. The number of nitrogens with zero attached hydrogens (tertiary/aromatic N) is 3. The Morgan fingerprint density at radius 3 is 2.36 bits per heavy atom. The predicted molar refractivity (Wildman–Crippen MR) is 133 cm³/mol. The van der Waals surface area contributed by atoms with Gasteiger partial charge in [0.1, 0.15) is 6.07 Å². The fraction of sp³-hybridized carbons (Fsp3) is 0.148. The molecule has 0 radical (unpaired) electrons. The number of nitrogens with one attached hydrogen (secondary N) is 1. The highest BCUT2D eigenvalue weighted by Gasteiger charge is 2.23. The van der Waals surface area contributed by atoms with Crippen LogP contribution in [0.25, 0.3) is 22.0 Å². The molecule has 0 saturated carbocycles. The molecule has 9 nitrogen and oxygen atoms in total. The summed E-state index contributed by atoms with van der Waals surface area (Å²) in [4.78, 5) is 41.2. The predicted octanol–water partition coefficient (Wildman–Crippen LogP) is 3.28. The van der Waals surface area contributed by atoms with Gasteiger partial charge in [-0.1, -0.05) is 60.7 Å². The highest BCUT2D eigenvalue weighted by Crippen LogP contribution is 2.32. The van der Waals surface area contributed by atoms with E-state index in [1.807, 2.05) is 42.5 Å². The Kier molecular flexibility index (Phi) is 7.07. The first kappa shape index (κ1) is 24.2. The Balaban J connectivity index is 1.92. The maximum atomic E-state index is 13.6. The van der Waals surface area contributed by atoms with Gasteiger partial charge in [-0.2, -0.15) is 5.26 Å². The van der Waals surface area contributed by atoms with Gasteiger partial charge in [-0.3, -0.25) is 14.4 Å². The van der Waals surface area contributed by atoms with Crippen LogP contribution < -0.4 is 10.9 Å². The average molecular weight is 482 g/mol. The first-order valence-electron chi connectivity index (χ1n) is 11.2. The lowest BCUT2D eigenvalue weighted by atomic mass is 10.0. The third-order valence-corrected chi connectivity index (χ3v) is 5.66. The van der Waals surface area contributed by atoms with Crippen LogP contribution in [0.4, 0.5) is 0 Å². The zero-order chi connectivity index (χ0) is 25.7. The number of aliphatic carboxylic acids is 1. The maximum Gasteiger partial charge on any atom is 0.303 e. The number of amides is 1. The van der Waals surface area contributed by atoms with Crippen molar-refractivity contribution >= 4 is 22.8 Å². The first-order chi connectivity index (χ1) is 17.4. The van der Waals surface area contributed by atoms with Gasteiger partial charge in [0.05, 0.1) is 12.1 Å². The monoisotopic (exact) mass is 482 g/mol. The van der Waals surface area contributed by atoms with Crippen molar-refractivity contribution in [3.05, 3.63) is 94.0 Å². The summed E-state index contributed by atoms with van der Waals surface area (Å²) < 4.78 is 1.38. The van der Waals surface area contributed by atoms with Gasteiger partial charge < -0.3 is 20.1 Å². The van der Waals surface area contributed by atoms with Crippen molar-refractivity contribution in [2.75, 3.05) is 6.54 Å². The van der Waals surface area contributed by atoms with E-state index in [9.17, 15) is 24.8 Å². The molecule has 0 atom stereocenters. The molecule has 1 amide bonds. The number of hydrogen-bond donors (Lipinski definition) is 3. The highest BCUT2D eigenvalue weighted by atomic mass is 16.4. The number of nitriles is 1. The van der Waals surface area contributed by atoms with Gasteiger partial charge in [-0.05, 0) is 23.6 Å². The van der Waals surface area contributed by atoms with Crippen LogP contribution in [0.1, 0.15) is 34.6 Å². The minimum absolute atomic E-state index is 0.0505. The van der Waals surface area contributed by atoms with E-state index in [0.717, 1.165) is 5.56 Å². The van der Waals surface area contributed by atoms with Crippen LogP contribution in [-0.2, 0) is 11.3 Å². The van der Waals surface area contributed by atoms with Crippen LogP contribution in [0.5, 0.6) is 5.75 Å². The summed E-state index contributed by atoms with van der Waals surface area (Å²) in [5.74, 6) is -2.22. The quantitative estimate of drug-likeness (QED) is 0.327. The summed E-state index contributed by atoms with van der Waals surface area (Å²) >= 11 is 0. The number of hydrogen-bond acceptors (Lipinski definition) is 6. The van der Waals surface area contributed by atoms with Crippen molar-refractivity contribution in [2.24, 2.45) is 0 Å². The summed E-state index contributed by atoms with van der Waals surface area (Å²) in [6, 6.07) is 21.5. The van der Waals surface area contributed by atoms with Crippen LogP contribution in [0.15, 0.2) is 71.5 Å². The topological polar surface area (TPSA) is 145 Å². The number of aromatic nitrogens is 2. The normalized spacial score (nSPS) is 10.6. The number of rotatable bonds is 8. The lowest BCUT2D eigenvalue weighted by Crippen LogP contribution is -2.27. The molecule has 4 aromatic rings. The molecule has 3 N–H and O–H groups in total. The number of pyridine rings is 2. The second-order valence-corrected chi connectivity index (χ2v) is 8.09. The van der Waals surface area contributed by atoms with Gasteiger partial charge in [0.2, 0.25) is 0 Å². The zero-order valence-electron chi connectivity index (χ0n) is 19.1. The third-order valence-electron chi connectivity index (χ3n) is 5.66. The van der Waals surface area contributed by atoms with E-state index < -0.39 is 17.6 Å². The average Bonchev–Trinajstić information content (AvgIpc) is 2.89. The SMILES string of the molecule is N#Cc1nc(C(=O)NCCCC(=O)O)c(O)c2cc(-c3ccccc3)c(=O)n(Cc3ccccc3)c12. The lowest BCUT2D eigenvalue weighted by Gasteiger charge is -2.16. The molecule has 2 aromatic carbocycles. The van der Waals surface area contributed by atoms with Crippen molar-refractivity contribution in [3.8, 4) is 22.9 Å². The van der Waals surface area contributed by atoms with Gasteiger partial charge >= 0.3 is 5.97 Å². The Morgan fingerprint density at radius 1 is 1.06 bits per heavy atom. The van der Waals surface area contributed by atoms with E-state index in [0.29, 0.717) is 5.56 Å². The molecule has 0 aliphatic rings. The Hall–Kier alpha value is -4.97. The number of aromatic hydroxyl groups is 1. The number of carbonyl (C=O) groups excluding carboxylic acids is 1. The van der Waals surface area contributed by atoms with Crippen LogP contribution in [0.3, 0.4) is 0 Å². The van der Waals surface area contributed by atoms with Crippen molar-refractivity contribution in [3.63, 3.8) is 0 Å². The second-order valence-electron chi connectivity index (χ2n) is 8.09. The minimum atomic E-state index is -0.993. The Labute approximate surface area is 205 Å². The minimum Gasteiger partial charge on any atom is -0.505 e. The van der Waals surface area contributed by atoms with E-state index in [4.69, 9.17) is 5.11 Å². The van der Waals surface area contributed by atoms with Crippen LogP contribution in [0.2, 0.25) is 0 Å². The summed E-state index contributed by atoms with van der Waals surface area (Å²) in [5, 5.41) is 32.4. The number of fused-ring (bicyclic) bond motifs is 1. The summed E-state index contributed by atoms with van der Waals surface area (Å²) in [5.41, 5.74) is 0.879. The van der Waals surface area contributed by atoms with Crippen LogP contribution in [0, 0.1) is 11.3 Å².